The van der Waals surface area contributed by atoms with Crippen molar-refractivity contribution >= 4 is 11.8 Å². The van der Waals surface area contributed by atoms with Crippen LogP contribution in [-0.2, 0) is 6.54 Å². The molecule has 0 aliphatic rings. The Hall–Kier alpha value is -1.46. The van der Waals surface area contributed by atoms with Crippen molar-refractivity contribution in [3.8, 4) is 0 Å². The van der Waals surface area contributed by atoms with Gasteiger partial charge < -0.3 is 5.32 Å². The van der Waals surface area contributed by atoms with E-state index in [4.69, 9.17) is 0 Å². The third kappa shape index (κ3) is 4.01. The standard InChI is InChI=1S/C14H16FN3S/c1-10(2)18-9-11-5-3-6-12(15)13(11)19-14-16-7-4-8-17-14/h3-8,10,18H,9H2,1-2H3. The Labute approximate surface area is 116 Å². The van der Waals surface area contributed by atoms with E-state index in [-0.39, 0.29) is 5.82 Å². The van der Waals surface area contributed by atoms with E-state index in [1.807, 2.05) is 6.07 Å². The van der Waals surface area contributed by atoms with E-state index >= 15 is 0 Å². The first-order valence-electron chi connectivity index (χ1n) is 6.12. The van der Waals surface area contributed by atoms with E-state index < -0.39 is 0 Å². The van der Waals surface area contributed by atoms with Gasteiger partial charge in [0.2, 0.25) is 0 Å². The summed E-state index contributed by atoms with van der Waals surface area (Å²) in [6, 6.07) is 7.21. The first-order chi connectivity index (χ1) is 9.16. The molecule has 0 saturated heterocycles. The van der Waals surface area contributed by atoms with Gasteiger partial charge in [-0.05, 0) is 29.5 Å². The van der Waals surface area contributed by atoms with Crippen LogP contribution in [-0.4, -0.2) is 16.0 Å². The zero-order valence-electron chi connectivity index (χ0n) is 10.9. The monoisotopic (exact) mass is 277 g/mol. The molecular weight excluding hydrogens is 261 g/mol. The van der Waals surface area contributed by atoms with E-state index in [9.17, 15) is 4.39 Å². The molecule has 0 aliphatic heterocycles. The molecule has 0 saturated carbocycles. The average molecular weight is 277 g/mol. The van der Waals surface area contributed by atoms with Gasteiger partial charge in [0.15, 0.2) is 5.16 Å². The lowest BCUT2D eigenvalue weighted by Gasteiger charge is -2.12. The minimum absolute atomic E-state index is 0.236. The van der Waals surface area contributed by atoms with Gasteiger partial charge >= 0.3 is 0 Å². The molecule has 1 heterocycles. The summed E-state index contributed by atoms with van der Waals surface area (Å²) in [5.41, 5.74) is 0.922. The van der Waals surface area contributed by atoms with Gasteiger partial charge in [-0.1, -0.05) is 26.0 Å². The number of hydrogen-bond donors (Lipinski definition) is 1. The molecule has 0 radical (unpaired) electrons. The first kappa shape index (κ1) is 14.0. The molecule has 5 heteroatoms. The van der Waals surface area contributed by atoms with Crippen molar-refractivity contribution in [2.75, 3.05) is 0 Å². The molecule has 2 rings (SSSR count). The highest BCUT2D eigenvalue weighted by Gasteiger charge is 2.11. The second kappa shape index (κ2) is 6.63. The van der Waals surface area contributed by atoms with Gasteiger partial charge in [-0.15, -0.1) is 0 Å². The number of rotatable bonds is 5. The van der Waals surface area contributed by atoms with Gasteiger partial charge in [-0.25, -0.2) is 14.4 Å². The Morgan fingerprint density at radius 2 is 1.95 bits per heavy atom. The predicted molar refractivity (Wildman–Crippen MR) is 74.5 cm³/mol. The zero-order chi connectivity index (χ0) is 13.7. The summed E-state index contributed by atoms with van der Waals surface area (Å²) in [5, 5.41) is 3.85. The maximum Gasteiger partial charge on any atom is 0.192 e. The molecule has 0 atom stereocenters. The summed E-state index contributed by atoms with van der Waals surface area (Å²) in [7, 11) is 0. The Morgan fingerprint density at radius 1 is 1.21 bits per heavy atom. The molecule has 0 amide bonds. The molecule has 1 aromatic heterocycles. The lowest BCUT2D eigenvalue weighted by atomic mass is 10.2. The smallest absolute Gasteiger partial charge is 0.192 e. The summed E-state index contributed by atoms with van der Waals surface area (Å²) in [5.74, 6) is -0.236. The largest absolute Gasteiger partial charge is 0.310 e. The van der Waals surface area contributed by atoms with Crippen molar-refractivity contribution in [2.24, 2.45) is 0 Å². The molecule has 3 nitrogen and oxygen atoms in total. The molecule has 19 heavy (non-hydrogen) atoms. The predicted octanol–water partition coefficient (Wildman–Crippen LogP) is 3.26. The van der Waals surface area contributed by atoms with E-state index in [1.54, 1.807) is 24.5 Å². The Morgan fingerprint density at radius 3 is 2.63 bits per heavy atom. The van der Waals surface area contributed by atoms with Crippen LogP contribution in [0.1, 0.15) is 19.4 Å². The van der Waals surface area contributed by atoms with Crippen LogP contribution in [0.15, 0.2) is 46.7 Å². The van der Waals surface area contributed by atoms with Crippen molar-refractivity contribution in [2.45, 2.75) is 36.5 Å². The maximum absolute atomic E-state index is 14.0. The van der Waals surface area contributed by atoms with Gasteiger partial charge in [0, 0.05) is 25.0 Å². The van der Waals surface area contributed by atoms with Crippen molar-refractivity contribution in [3.63, 3.8) is 0 Å². The third-order valence-corrected chi connectivity index (χ3v) is 3.54. The molecule has 1 N–H and O–H groups in total. The fourth-order valence-corrected chi connectivity index (χ4v) is 2.40. The van der Waals surface area contributed by atoms with Crippen molar-refractivity contribution < 1.29 is 4.39 Å². The number of aromatic nitrogens is 2. The summed E-state index contributed by atoms with van der Waals surface area (Å²) in [6.45, 7) is 4.75. The molecular formula is C14H16FN3S. The normalized spacial score (nSPS) is 10.9. The molecule has 0 fully saturated rings. The fraction of sp³-hybridized carbons (Fsp3) is 0.286. The molecule has 100 valence electrons. The van der Waals surface area contributed by atoms with Crippen LogP contribution in [0.5, 0.6) is 0 Å². The lowest BCUT2D eigenvalue weighted by Crippen LogP contribution is -2.22. The molecule has 0 spiro atoms. The number of nitrogens with zero attached hydrogens (tertiary/aromatic N) is 2. The molecule has 0 bridgehead atoms. The van der Waals surface area contributed by atoms with Gasteiger partial charge in [0.1, 0.15) is 5.82 Å². The SMILES string of the molecule is CC(C)NCc1cccc(F)c1Sc1ncccn1. The summed E-state index contributed by atoms with van der Waals surface area (Å²) >= 11 is 1.26. The summed E-state index contributed by atoms with van der Waals surface area (Å²) in [4.78, 5) is 8.82. The molecule has 1 aromatic carbocycles. The van der Waals surface area contributed by atoms with Crippen LogP contribution >= 0.6 is 11.8 Å². The second-order valence-electron chi connectivity index (χ2n) is 4.40. The molecule has 0 aliphatic carbocycles. The van der Waals surface area contributed by atoms with Crippen LogP contribution in [0.25, 0.3) is 0 Å². The quantitative estimate of drug-likeness (QED) is 0.851. The minimum Gasteiger partial charge on any atom is -0.310 e. The van der Waals surface area contributed by atoms with Gasteiger partial charge in [-0.3, -0.25) is 0 Å². The number of halogens is 1. The molecule has 0 unspecified atom stereocenters. The highest BCUT2D eigenvalue weighted by Crippen LogP contribution is 2.30. The van der Waals surface area contributed by atoms with Crippen LogP contribution in [0, 0.1) is 5.82 Å². The maximum atomic E-state index is 14.0. The van der Waals surface area contributed by atoms with Gasteiger partial charge in [-0.2, -0.15) is 0 Å². The Kier molecular flexibility index (Phi) is 4.87. The van der Waals surface area contributed by atoms with Gasteiger partial charge in [0.25, 0.3) is 0 Å². The highest BCUT2D eigenvalue weighted by molar-refractivity contribution is 7.99. The highest BCUT2D eigenvalue weighted by atomic mass is 32.2. The fourth-order valence-electron chi connectivity index (χ4n) is 1.55. The second-order valence-corrected chi connectivity index (χ2v) is 5.37. The Bertz CT molecular complexity index is 531. The topological polar surface area (TPSA) is 37.8 Å². The van der Waals surface area contributed by atoms with E-state index in [0.29, 0.717) is 22.6 Å². The van der Waals surface area contributed by atoms with Crippen molar-refractivity contribution in [1.29, 1.82) is 0 Å². The van der Waals surface area contributed by atoms with Crippen molar-refractivity contribution in [1.82, 2.24) is 15.3 Å². The van der Waals surface area contributed by atoms with E-state index in [0.717, 1.165) is 5.56 Å². The average Bonchev–Trinajstić information content (AvgIpc) is 2.40. The van der Waals surface area contributed by atoms with Crippen LogP contribution in [0.2, 0.25) is 0 Å². The third-order valence-electron chi connectivity index (χ3n) is 2.48. The summed E-state index contributed by atoms with van der Waals surface area (Å²) in [6.07, 6.45) is 3.31. The Balaban J connectivity index is 2.22. The zero-order valence-corrected chi connectivity index (χ0v) is 11.7. The van der Waals surface area contributed by atoms with E-state index in [2.05, 4.69) is 29.1 Å². The number of hydrogen-bond acceptors (Lipinski definition) is 4. The van der Waals surface area contributed by atoms with E-state index in [1.165, 1.54) is 17.8 Å². The lowest BCUT2D eigenvalue weighted by molar-refractivity contribution is 0.564. The first-order valence-corrected chi connectivity index (χ1v) is 6.94. The minimum atomic E-state index is -0.236. The number of nitrogens with one attached hydrogen (secondary N) is 1. The van der Waals surface area contributed by atoms with Gasteiger partial charge in [0.05, 0.1) is 4.90 Å². The molecule has 2 aromatic rings. The number of benzene rings is 1. The summed E-state index contributed by atoms with van der Waals surface area (Å²) < 4.78 is 14.0. The van der Waals surface area contributed by atoms with Crippen LogP contribution in [0.4, 0.5) is 4.39 Å². The van der Waals surface area contributed by atoms with Crippen molar-refractivity contribution in [3.05, 3.63) is 48.0 Å². The van der Waals surface area contributed by atoms with Crippen LogP contribution < -0.4 is 5.32 Å². The van der Waals surface area contributed by atoms with Crippen LogP contribution in [0.3, 0.4) is 0 Å².